The number of ether oxygens (including phenoxy) is 5. The molecule has 0 atom stereocenters. The summed E-state index contributed by atoms with van der Waals surface area (Å²) in [7, 11) is 4.67. The number of benzene rings is 4. The molecule has 0 saturated carbocycles. The van der Waals surface area contributed by atoms with Gasteiger partial charge < -0.3 is 40.1 Å². The average Bonchev–Trinajstić information content (AvgIpc) is 3.75. The zero-order chi connectivity index (χ0) is 33.5. The minimum atomic E-state index is -1.23. The molecule has 0 fully saturated rings. The Morgan fingerprint density at radius 2 is 1.42 bits per heavy atom. The van der Waals surface area contributed by atoms with Gasteiger partial charge in [0, 0.05) is 34.5 Å². The molecular formula is C35H31N5O6S2. The Kier molecular flexibility index (Phi) is 9.88. The molecule has 2 heterocycles. The van der Waals surface area contributed by atoms with Gasteiger partial charge in [-0.15, -0.1) is 11.3 Å². The fourth-order valence-corrected chi connectivity index (χ4v) is 6.49. The summed E-state index contributed by atoms with van der Waals surface area (Å²) < 4.78 is 28.2. The molecule has 244 valence electrons. The van der Waals surface area contributed by atoms with Crippen LogP contribution in [0.3, 0.4) is 0 Å². The lowest BCUT2D eigenvalue weighted by molar-refractivity contribution is -0.134. The highest BCUT2D eigenvalue weighted by Gasteiger charge is 2.24. The lowest BCUT2D eigenvalue weighted by Gasteiger charge is -2.20. The van der Waals surface area contributed by atoms with E-state index in [4.69, 9.17) is 34.4 Å². The third kappa shape index (κ3) is 7.43. The van der Waals surface area contributed by atoms with Crippen LogP contribution in [-0.4, -0.2) is 43.5 Å². The van der Waals surface area contributed by atoms with Crippen molar-refractivity contribution in [3.05, 3.63) is 102 Å². The third-order valence-electron chi connectivity index (χ3n) is 6.88. The van der Waals surface area contributed by atoms with Crippen LogP contribution in [-0.2, 0) is 4.79 Å². The van der Waals surface area contributed by atoms with E-state index >= 15 is 0 Å². The number of nitrogens with two attached hydrogens (primary N) is 1. The van der Waals surface area contributed by atoms with E-state index in [2.05, 4.69) is 15.6 Å². The summed E-state index contributed by atoms with van der Waals surface area (Å²) in [6.45, 7) is 0. The van der Waals surface area contributed by atoms with Gasteiger partial charge in [0.15, 0.2) is 16.6 Å². The van der Waals surface area contributed by atoms with Crippen LogP contribution in [0, 0.1) is 0 Å². The minimum absolute atomic E-state index is 0.347. The Morgan fingerprint density at radius 1 is 0.771 bits per heavy atom. The lowest BCUT2D eigenvalue weighted by atomic mass is 10.1. The van der Waals surface area contributed by atoms with Gasteiger partial charge in [0.2, 0.25) is 5.75 Å². The topological polar surface area (TPSA) is 139 Å². The Hall–Kier alpha value is -5.79. The predicted octanol–water partition coefficient (Wildman–Crippen LogP) is 7.71. The molecule has 6 rings (SSSR count). The fourth-order valence-electron chi connectivity index (χ4n) is 4.66. The van der Waals surface area contributed by atoms with Crippen LogP contribution in [0.2, 0.25) is 0 Å². The molecule has 0 saturated heterocycles. The smallest absolute Gasteiger partial charge is 0.321 e. The van der Waals surface area contributed by atoms with Crippen LogP contribution < -0.4 is 40.1 Å². The molecule has 13 heteroatoms. The van der Waals surface area contributed by atoms with Gasteiger partial charge >= 0.3 is 12.2 Å². The van der Waals surface area contributed by atoms with Crippen molar-refractivity contribution in [1.82, 2.24) is 9.97 Å². The SMILES string of the molecule is COc1cc(Nc2nc(N)c(-c3nc(-c4cccc(NC(=O)C(Oc5ccccc5)Oc5ccccc5)c4)cs3)s2)cc(OC)c1OC. The second kappa shape index (κ2) is 14.8. The molecule has 4 N–H and O–H groups in total. The zero-order valence-corrected chi connectivity index (χ0v) is 27.8. The zero-order valence-electron chi connectivity index (χ0n) is 26.1. The number of nitrogen functional groups attached to an aromatic ring is 1. The maximum atomic E-state index is 13.4. The largest absolute Gasteiger partial charge is 0.493 e. The van der Waals surface area contributed by atoms with Gasteiger partial charge in [-0.05, 0) is 36.4 Å². The highest BCUT2D eigenvalue weighted by molar-refractivity contribution is 7.23. The summed E-state index contributed by atoms with van der Waals surface area (Å²) >= 11 is 2.82. The number of carbonyl (C=O) groups excluding carboxylic acids is 1. The molecule has 0 radical (unpaired) electrons. The lowest BCUT2D eigenvalue weighted by Crippen LogP contribution is -2.38. The van der Waals surface area contributed by atoms with Crippen molar-refractivity contribution in [3.8, 4) is 49.9 Å². The number of methoxy groups -OCH3 is 3. The average molecular weight is 682 g/mol. The number of carbonyl (C=O) groups is 1. The summed E-state index contributed by atoms with van der Waals surface area (Å²) in [6.07, 6.45) is -1.23. The standard InChI is InChI=1S/C35H31N5O6S2/c1-42-27-18-23(19-28(43-2)29(27)44-3)38-35-40-31(36)30(48-35)33-39-26(20-47-33)21-11-10-12-22(17-21)37-32(41)34(45-24-13-6-4-7-14-24)46-25-15-8-5-9-16-25/h4-20,34H,36H2,1-3H3,(H,37,41)(H,38,40). The van der Waals surface area contributed by atoms with E-state index in [1.165, 1.54) is 22.7 Å². The van der Waals surface area contributed by atoms with Gasteiger partial charge in [-0.25, -0.2) is 9.97 Å². The minimum Gasteiger partial charge on any atom is -0.493 e. The first-order valence-electron chi connectivity index (χ1n) is 14.6. The van der Waals surface area contributed by atoms with E-state index < -0.39 is 12.2 Å². The van der Waals surface area contributed by atoms with Crippen molar-refractivity contribution < 1.29 is 28.5 Å². The Balaban J connectivity index is 1.18. The summed E-state index contributed by atoms with van der Waals surface area (Å²) in [5.41, 5.74) is 9.10. The van der Waals surface area contributed by atoms with Gasteiger partial charge in [0.25, 0.3) is 0 Å². The van der Waals surface area contributed by atoms with E-state index in [1.54, 1.807) is 63.8 Å². The quantitative estimate of drug-likeness (QED) is 0.104. The molecule has 0 unspecified atom stereocenters. The number of thiazole rings is 2. The van der Waals surface area contributed by atoms with Crippen molar-refractivity contribution in [3.63, 3.8) is 0 Å². The highest BCUT2D eigenvalue weighted by atomic mass is 32.1. The first-order chi connectivity index (χ1) is 23.4. The monoisotopic (exact) mass is 681 g/mol. The molecule has 1 amide bonds. The Bertz CT molecular complexity index is 1940. The maximum absolute atomic E-state index is 13.4. The second-order valence-electron chi connectivity index (χ2n) is 10.1. The van der Waals surface area contributed by atoms with E-state index in [9.17, 15) is 4.79 Å². The molecule has 2 aromatic heterocycles. The molecule has 48 heavy (non-hydrogen) atoms. The van der Waals surface area contributed by atoms with E-state index in [0.29, 0.717) is 56.1 Å². The van der Waals surface area contributed by atoms with Gasteiger partial charge in [0.05, 0.1) is 27.0 Å². The number of rotatable bonds is 13. The predicted molar refractivity (Wildman–Crippen MR) is 189 cm³/mol. The van der Waals surface area contributed by atoms with E-state index in [1.807, 2.05) is 60.0 Å². The first kappa shape index (κ1) is 32.2. The first-order valence-corrected chi connectivity index (χ1v) is 16.3. The van der Waals surface area contributed by atoms with Gasteiger partial charge in [-0.1, -0.05) is 59.9 Å². The van der Waals surface area contributed by atoms with E-state index in [-0.39, 0.29) is 0 Å². The van der Waals surface area contributed by atoms with Crippen molar-refractivity contribution in [2.75, 3.05) is 37.7 Å². The Morgan fingerprint density at radius 3 is 2.02 bits per heavy atom. The fraction of sp³-hybridized carbons (Fsp3) is 0.114. The van der Waals surface area contributed by atoms with Crippen LogP contribution in [0.5, 0.6) is 28.7 Å². The number of anilines is 4. The van der Waals surface area contributed by atoms with Crippen LogP contribution in [0.25, 0.3) is 21.1 Å². The van der Waals surface area contributed by atoms with Crippen LogP contribution in [0.1, 0.15) is 0 Å². The number of aromatic nitrogens is 2. The molecule has 11 nitrogen and oxygen atoms in total. The normalized spacial score (nSPS) is 10.8. The number of hydrogen-bond donors (Lipinski definition) is 3. The van der Waals surface area contributed by atoms with Crippen molar-refractivity contribution in [2.45, 2.75) is 6.29 Å². The third-order valence-corrected chi connectivity index (χ3v) is 8.86. The van der Waals surface area contributed by atoms with Crippen molar-refractivity contribution in [1.29, 1.82) is 0 Å². The van der Waals surface area contributed by atoms with Gasteiger partial charge in [-0.2, -0.15) is 0 Å². The second-order valence-corrected chi connectivity index (χ2v) is 11.9. The molecule has 4 aromatic carbocycles. The molecule has 0 aliphatic carbocycles. The molecule has 0 aliphatic heterocycles. The van der Waals surface area contributed by atoms with Gasteiger partial charge in [-0.3, -0.25) is 4.79 Å². The molecule has 0 spiro atoms. The summed E-state index contributed by atoms with van der Waals surface area (Å²) in [5, 5.41) is 9.40. The van der Waals surface area contributed by atoms with Crippen LogP contribution in [0.4, 0.5) is 22.3 Å². The number of nitrogens with zero attached hydrogens (tertiary/aromatic N) is 2. The molecular weight excluding hydrogens is 651 g/mol. The summed E-state index contributed by atoms with van der Waals surface area (Å²) in [5.74, 6) is 2.39. The molecule has 6 aromatic rings. The highest BCUT2D eigenvalue weighted by Crippen LogP contribution is 2.43. The number of nitrogens with one attached hydrogen (secondary N) is 2. The van der Waals surface area contributed by atoms with Crippen molar-refractivity contribution >= 4 is 50.9 Å². The van der Waals surface area contributed by atoms with Crippen LogP contribution in [0.15, 0.2) is 102 Å². The summed E-state index contributed by atoms with van der Waals surface area (Å²) in [6, 6.07) is 29.0. The number of hydrogen-bond acceptors (Lipinski definition) is 12. The summed E-state index contributed by atoms with van der Waals surface area (Å²) in [4.78, 5) is 23.5. The van der Waals surface area contributed by atoms with E-state index in [0.717, 1.165) is 16.1 Å². The number of amides is 1. The molecule has 0 aliphatic rings. The van der Waals surface area contributed by atoms with Crippen LogP contribution >= 0.6 is 22.7 Å². The van der Waals surface area contributed by atoms with Crippen molar-refractivity contribution in [2.24, 2.45) is 0 Å². The molecule has 0 bridgehead atoms. The maximum Gasteiger partial charge on any atom is 0.321 e. The Labute approximate surface area is 284 Å². The number of para-hydroxylation sites is 2. The van der Waals surface area contributed by atoms with Gasteiger partial charge in [0.1, 0.15) is 27.2 Å².